The van der Waals surface area contributed by atoms with Gasteiger partial charge in [0, 0.05) is 24.4 Å². The molecule has 0 aliphatic heterocycles. The highest BCUT2D eigenvalue weighted by Crippen LogP contribution is 2.15. The number of pyridine rings is 1. The van der Waals surface area contributed by atoms with Gasteiger partial charge in [0.2, 0.25) is 0 Å². The van der Waals surface area contributed by atoms with E-state index >= 15 is 0 Å². The number of rotatable bonds is 5. The van der Waals surface area contributed by atoms with E-state index in [4.69, 9.17) is 15.6 Å². The molecule has 8 nitrogen and oxygen atoms in total. The van der Waals surface area contributed by atoms with E-state index in [0.29, 0.717) is 17.1 Å². The number of carbonyl (C=O) groups is 1. The van der Waals surface area contributed by atoms with Crippen LogP contribution in [0.25, 0.3) is 0 Å². The van der Waals surface area contributed by atoms with E-state index in [9.17, 15) is 4.79 Å². The lowest BCUT2D eigenvalue weighted by Gasteiger charge is -2.07. The fourth-order valence-electron chi connectivity index (χ4n) is 1.88. The monoisotopic (exact) mass is 277 g/mol. The maximum Gasteiger partial charge on any atom is 0.358 e. The number of nitrogens with two attached hydrogens (primary N) is 1. The number of aryl methyl sites for hydroxylation is 1. The summed E-state index contributed by atoms with van der Waals surface area (Å²) in [6.45, 7) is 2.17. The lowest BCUT2D eigenvalue weighted by Crippen LogP contribution is -2.14. The molecule has 3 N–H and O–H groups in total. The van der Waals surface area contributed by atoms with Crippen molar-refractivity contribution in [2.75, 3.05) is 7.11 Å². The third-order valence-corrected chi connectivity index (χ3v) is 2.76. The van der Waals surface area contributed by atoms with Crippen molar-refractivity contribution >= 4 is 5.97 Å². The number of carboxylic acid groups (broad SMARTS) is 1. The molecule has 0 aliphatic carbocycles. The van der Waals surface area contributed by atoms with Gasteiger partial charge in [0.05, 0.1) is 25.0 Å². The molecule has 0 saturated carbocycles. The molecule has 20 heavy (non-hydrogen) atoms. The second kappa shape index (κ2) is 5.66. The van der Waals surface area contributed by atoms with Crippen LogP contribution < -0.4 is 10.5 Å². The van der Waals surface area contributed by atoms with Crippen LogP contribution in [0, 0.1) is 6.92 Å². The van der Waals surface area contributed by atoms with Crippen molar-refractivity contribution in [3.05, 3.63) is 34.9 Å². The maximum absolute atomic E-state index is 11.0. The largest absolute Gasteiger partial charge is 0.497 e. The summed E-state index contributed by atoms with van der Waals surface area (Å²) in [5.74, 6) is -0.466. The zero-order valence-corrected chi connectivity index (χ0v) is 11.2. The third-order valence-electron chi connectivity index (χ3n) is 2.76. The van der Waals surface area contributed by atoms with Crippen molar-refractivity contribution in [2.24, 2.45) is 5.73 Å². The minimum atomic E-state index is -1.15. The number of aromatic nitrogens is 4. The SMILES string of the molecule is COc1cc(C)nc(Cn2nnc(C(=O)O)c2CN)c1. The second-order valence-electron chi connectivity index (χ2n) is 4.19. The molecule has 0 saturated heterocycles. The molecule has 0 amide bonds. The molecule has 2 aromatic rings. The Bertz CT molecular complexity index is 638. The predicted octanol–water partition coefficient (Wildman–Crippen LogP) is 0.195. The summed E-state index contributed by atoms with van der Waals surface area (Å²) < 4.78 is 6.60. The van der Waals surface area contributed by atoms with E-state index in [-0.39, 0.29) is 18.8 Å². The molecule has 0 unspecified atom stereocenters. The van der Waals surface area contributed by atoms with Crippen molar-refractivity contribution < 1.29 is 14.6 Å². The first-order valence-electron chi connectivity index (χ1n) is 5.92. The van der Waals surface area contributed by atoms with E-state index < -0.39 is 5.97 Å². The summed E-state index contributed by atoms with van der Waals surface area (Å²) in [5, 5.41) is 16.4. The first-order chi connectivity index (χ1) is 9.55. The average molecular weight is 277 g/mol. The van der Waals surface area contributed by atoms with Gasteiger partial charge in [-0.2, -0.15) is 0 Å². The van der Waals surface area contributed by atoms with Gasteiger partial charge in [-0.25, -0.2) is 9.48 Å². The second-order valence-corrected chi connectivity index (χ2v) is 4.19. The highest BCUT2D eigenvalue weighted by molar-refractivity contribution is 5.86. The molecule has 0 spiro atoms. The molecular weight excluding hydrogens is 262 g/mol. The first kappa shape index (κ1) is 13.9. The Morgan fingerprint density at radius 3 is 2.85 bits per heavy atom. The number of hydrogen-bond acceptors (Lipinski definition) is 6. The quantitative estimate of drug-likeness (QED) is 0.801. The molecule has 0 fully saturated rings. The van der Waals surface area contributed by atoms with Gasteiger partial charge >= 0.3 is 5.97 Å². The number of nitrogens with zero attached hydrogens (tertiary/aromatic N) is 4. The van der Waals surface area contributed by atoms with Crippen LogP contribution in [0.4, 0.5) is 0 Å². The smallest absolute Gasteiger partial charge is 0.358 e. The molecule has 0 aliphatic rings. The summed E-state index contributed by atoms with van der Waals surface area (Å²) in [4.78, 5) is 15.3. The molecule has 106 valence electrons. The summed E-state index contributed by atoms with van der Waals surface area (Å²) in [6.07, 6.45) is 0. The lowest BCUT2D eigenvalue weighted by molar-refractivity contribution is 0.0689. The summed E-state index contributed by atoms with van der Waals surface area (Å²) >= 11 is 0. The number of methoxy groups -OCH3 is 1. The van der Waals surface area contributed by atoms with Gasteiger partial charge in [-0.15, -0.1) is 5.10 Å². The van der Waals surface area contributed by atoms with E-state index in [1.165, 1.54) is 4.68 Å². The van der Waals surface area contributed by atoms with Gasteiger partial charge in [-0.05, 0) is 6.92 Å². The summed E-state index contributed by atoms with van der Waals surface area (Å²) in [6, 6.07) is 3.56. The molecule has 0 aromatic carbocycles. The Kier molecular flexibility index (Phi) is 3.94. The average Bonchev–Trinajstić information content (AvgIpc) is 2.80. The number of aromatic carboxylic acids is 1. The summed E-state index contributed by atoms with van der Waals surface area (Å²) in [5.41, 5.74) is 7.28. The molecule has 2 aromatic heterocycles. The van der Waals surface area contributed by atoms with Crippen LogP contribution in [-0.2, 0) is 13.1 Å². The zero-order chi connectivity index (χ0) is 14.7. The normalized spacial score (nSPS) is 10.6. The van der Waals surface area contributed by atoms with E-state index in [1.807, 2.05) is 6.92 Å². The van der Waals surface area contributed by atoms with Crippen molar-refractivity contribution in [2.45, 2.75) is 20.0 Å². The maximum atomic E-state index is 11.0. The Balaban J connectivity index is 2.35. The van der Waals surface area contributed by atoms with Crippen LogP contribution in [0.15, 0.2) is 12.1 Å². The van der Waals surface area contributed by atoms with Crippen LogP contribution in [0.5, 0.6) is 5.75 Å². The van der Waals surface area contributed by atoms with Crippen molar-refractivity contribution in [1.82, 2.24) is 20.0 Å². The molecule has 0 bridgehead atoms. The van der Waals surface area contributed by atoms with Crippen LogP contribution in [0.2, 0.25) is 0 Å². The van der Waals surface area contributed by atoms with Crippen molar-refractivity contribution in [3.8, 4) is 5.75 Å². The van der Waals surface area contributed by atoms with Gasteiger partial charge in [0.15, 0.2) is 5.69 Å². The Morgan fingerprint density at radius 1 is 1.50 bits per heavy atom. The van der Waals surface area contributed by atoms with Gasteiger partial charge in [-0.1, -0.05) is 5.21 Å². The molecule has 8 heteroatoms. The molecular formula is C12H15N5O3. The number of hydrogen-bond donors (Lipinski definition) is 2. The van der Waals surface area contributed by atoms with E-state index in [2.05, 4.69) is 15.3 Å². The Labute approximate surface area is 115 Å². The minimum Gasteiger partial charge on any atom is -0.497 e. The predicted molar refractivity (Wildman–Crippen MR) is 69.5 cm³/mol. The van der Waals surface area contributed by atoms with Crippen LogP contribution in [0.3, 0.4) is 0 Å². The highest BCUT2D eigenvalue weighted by Gasteiger charge is 2.18. The Morgan fingerprint density at radius 2 is 2.25 bits per heavy atom. The van der Waals surface area contributed by atoms with E-state index in [1.54, 1.807) is 19.2 Å². The topological polar surface area (TPSA) is 116 Å². The van der Waals surface area contributed by atoms with Crippen LogP contribution in [0.1, 0.15) is 27.6 Å². The fourth-order valence-corrected chi connectivity index (χ4v) is 1.88. The molecule has 0 radical (unpaired) electrons. The summed E-state index contributed by atoms with van der Waals surface area (Å²) in [7, 11) is 1.57. The van der Waals surface area contributed by atoms with Gasteiger partial charge in [0.25, 0.3) is 0 Å². The third kappa shape index (κ3) is 2.75. The minimum absolute atomic E-state index is 0.0393. The van der Waals surface area contributed by atoms with Gasteiger partial charge in [0.1, 0.15) is 5.75 Å². The van der Waals surface area contributed by atoms with Gasteiger partial charge < -0.3 is 15.6 Å². The Hall–Kier alpha value is -2.48. The molecule has 0 atom stereocenters. The number of carboxylic acids is 1. The highest BCUT2D eigenvalue weighted by atomic mass is 16.5. The zero-order valence-electron chi connectivity index (χ0n) is 11.2. The van der Waals surface area contributed by atoms with Crippen LogP contribution in [-0.4, -0.2) is 38.2 Å². The van der Waals surface area contributed by atoms with Crippen LogP contribution >= 0.6 is 0 Å². The first-order valence-corrected chi connectivity index (χ1v) is 5.92. The van der Waals surface area contributed by atoms with Crippen molar-refractivity contribution in [1.29, 1.82) is 0 Å². The van der Waals surface area contributed by atoms with Crippen molar-refractivity contribution in [3.63, 3.8) is 0 Å². The lowest BCUT2D eigenvalue weighted by atomic mass is 10.2. The molecule has 2 rings (SSSR count). The molecule has 2 heterocycles. The fraction of sp³-hybridized carbons (Fsp3) is 0.333. The standard InChI is InChI=1S/C12H15N5O3/c1-7-3-9(20-2)4-8(14-7)6-17-10(5-13)11(12(18)19)15-16-17/h3-4H,5-6,13H2,1-2H3,(H,18,19). The number of ether oxygens (including phenoxy) is 1. The van der Waals surface area contributed by atoms with E-state index in [0.717, 1.165) is 5.69 Å². The van der Waals surface area contributed by atoms with Gasteiger partial charge in [-0.3, -0.25) is 4.98 Å².